The van der Waals surface area contributed by atoms with Crippen molar-refractivity contribution in [2.45, 2.75) is 15.8 Å². The Morgan fingerprint density at radius 1 is 0.971 bits per heavy atom. The Morgan fingerprint density at radius 2 is 1.71 bits per heavy atom. The van der Waals surface area contributed by atoms with Gasteiger partial charge in [0.1, 0.15) is 0 Å². The fraction of sp³-hybridized carbons (Fsp3) is 0.0833. The summed E-state index contributed by atoms with van der Waals surface area (Å²) in [4.78, 5) is 10.8. The standard InChI is InChI=1S/C24H19N5O4S2/c1-27-23(25-26-24(27)34-16-17-8-7-9-18(14-17)29(30)31)21-15-28(22-13-6-5-12-20(21)22)35(32,33)19-10-3-2-4-11-19/h2-15H,16H2,1H3. The molecule has 35 heavy (non-hydrogen) atoms. The van der Waals surface area contributed by atoms with E-state index >= 15 is 0 Å². The quantitative estimate of drug-likeness (QED) is 0.176. The van der Waals surface area contributed by atoms with Gasteiger partial charge in [-0.15, -0.1) is 10.2 Å². The largest absolute Gasteiger partial charge is 0.305 e. The first-order valence-electron chi connectivity index (χ1n) is 10.5. The zero-order chi connectivity index (χ0) is 24.6. The van der Waals surface area contributed by atoms with Crippen LogP contribution in [0, 0.1) is 10.1 Å². The molecule has 0 spiro atoms. The normalized spacial score (nSPS) is 11.7. The van der Waals surface area contributed by atoms with Crippen molar-refractivity contribution in [1.82, 2.24) is 18.7 Å². The number of non-ortho nitro benzene ring substituents is 1. The van der Waals surface area contributed by atoms with Gasteiger partial charge in [-0.2, -0.15) is 0 Å². The van der Waals surface area contributed by atoms with Gasteiger partial charge in [0.2, 0.25) is 0 Å². The van der Waals surface area contributed by atoms with Crippen LogP contribution < -0.4 is 0 Å². The third kappa shape index (κ3) is 4.19. The number of nitro benzene ring substituents is 1. The van der Waals surface area contributed by atoms with E-state index in [0.29, 0.717) is 27.8 Å². The second-order valence-corrected chi connectivity index (χ2v) is 10.5. The molecule has 0 amide bonds. The first-order chi connectivity index (χ1) is 16.9. The SMILES string of the molecule is Cn1c(SCc2cccc([N+](=O)[O-])c2)nnc1-c1cn(S(=O)(=O)c2ccccc2)c2ccccc12. The molecule has 0 aliphatic carbocycles. The molecule has 0 N–H and O–H groups in total. The smallest absolute Gasteiger partial charge is 0.269 e. The average molecular weight is 506 g/mol. The minimum atomic E-state index is -3.82. The Kier molecular flexibility index (Phi) is 5.87. The third-order valence-electron chi connectivity index (χ3n) is 5.54. The molecule has 2 aromatic heterocycles. The zero-order valence-corrected chi connectivity index (χ0v) is 20.1. The molecule has 0 aliphatic rings. The predicted molar refractivity (Wildman–Crippen MR) is 134 cm³/mol. The summed E-state index contributed by atoms with van der Waals surface area (Å²) < 4.78 is 29.8. The van der Waals surface area contributed by atoms with Gasteiger partial charge in [0, 0.05) is 42.1 Å². The van der Waals surface area contributed by atoms with Crippen molar-refractivity contribution < 1.29 is 13.3 Å². The van der Waals surface area contributed by atoms with Gasteiger partial charge in [-0.05, 0) is 23.8 Å². The third-order valence-corrected chi connectivity index (χ3v) is 8.32. The molecule has 0 bridgehead atoms. The fourth-order valence-electron chi connectivity index (χ4n) is 3.82. The van der Waals surface area contributed by atoms with Crippen LogP contribution in [0.3, 0.4) is 0 Å². The van der Waals surface area contributed by atoms with Crippen LogP contribution in [0.2, 0.25) is 0 Å². The van der Waals surface area contributed by atoms with Gasteiger partial charge in [-0.3, -0.25) is 10.1 Å². The van der Waals surface area contributed by atoms with Crippen molar-refractivity contribution >= 4 is 38.4 Å². The van der Waals surface area contributed by atoms with E-state index in [2.05, 4.69) is 10.2 Å². The van der Waals surface area contributed by atoms with E-state index in [-0.39, 0.29) is 10.6 Å². The predicted octanol–water partition coefficient (Wildman–Crippen LogP) is 4.87. The summed E-state index contributed by atoms with van der Waals surface area (Å²) in [5.74, 6) is 0.988. The number of fused-ring (bicyclic) bond motifs is 1. The highest BCUT2D eigenvalue weighted by Crippen LogP contribution is 2.34. The zero-order valence-electron chi connectivity index (χ0n) is 18.5. The molecule has 9 nitrogen and oxygen atoms in total. The van der Waals surface area contributed by atoms with Crippen LogP contribution in [0.1, 0.15) is 5.56 Å². The van der Waals surface area contributed by atoms with Gasteiger partial charge >= 0.3 is 0 Å². The monoisotopic (exact) mass is 505 g/mol. The lowest BCUT2D eigenvalue weighted by molar-refractivity contribution is -0.384. The minimum Gasteiger partial charge on any atom is -0.305 e. The molecule has 0 atom stereocenters. The summed E-state index contributed by atoms with van der Waals surface area (Å²) in [6.45, 7) is 0. The summed E-state index contributed by atoms with van der Waals surface area (Å²) in [5, 5.41) is 21.0. The van der Waals surface area contributed by atoms with E-state index in [4.69, 9.17) is 0 Å². The number of nitrogens with zero attached hydrogens (tertiary/aromatic N) is 5. The average Bonchev–Trinajstić information content (AvgIpc) is 3.44. The van der Waals surface area contributed by atoms with Crippen molar-refractivity contribution in [2.75, 3.05) is 0 Å². The number of para-hydroxylation sites is 1. The fourth-order valence-corrected chi connectivity index (χ4v) is 6.06. The number of hydrogen-bond donors (Lipinski definition) is 0. The van der Waals surface area contributed by atoms with E-state index in [0.717, 1.165) is 10.9 Å². The van der Waals surface area contributed by atoms with Crippen LogP contribution in [-0.4, -0.2) is 32.1 Å². The van der Waals surface area contributed by atoms with Crippen molar-refractivity contribution in [3.05, 3.63) is 101 Å². The summed E-state index contributed by atoms with van der Waals surface area (Å²) >= 11 is 1.39. The highest BCUT2D eigenvalue weighted by Gasteiger charge is 2.24. The van der Waals surface area contributed by atoms with Crippen LogP contribution in [0.4, 0.5) is 5.69 Å². The Hall–Kier alpha value is -3.96. The molecule has 5 rings (SSSR count). The maximum absolute atomic E-state index is 13.4. The molecule has 0 radical (unpaired) electrons. The van der Waals surface area contributed by atoms with E-state index in [1.165, 1.54) is 27.9 Å². The van der Waals surface area contributed by atoms with Crippen LogP contribution in [0.15, 0.2) is 95.1 Å². The summed E-state index contributed by atoms with van der Waals surface area (Å²) in [6.07, 6.45) is 1.58. The molecule has 176 valence electrons. The van der Waals surface area contributed by atoms with Gasteiger partial charge in [-0.1, -0.05) is 60.3 Å². The minimum absolute atomic E-state index is 0.0363. The van der Waals surface area contributed by atoms with Gasteiger partial charge in [0.15, 0.2) is 11.0 Å². The number of hydrogen-bond acceptors (Lipinski definition) is 7. The number of thioether (sulfide) groups is 1. The van der Waals surface area contributed by atoms with Crippen molar-refractivity contribution in [3.8, 4) is 11.4 Å². The molecule has 5 aromatic rings. The summed E-state index contributed by atoms with van der Waals surface area (Å²) in [7, 11) is -2.01. The molecule has 0 saturated carbocycles. The van der Waals surface area contributed by atoms with Crippen molar-refractivity contribution in [1.29, 1.82) is 0 Å². The molecule has 3 aromatic carbocycles. The van der Waals surface area contributed by atoms with Crippen molar-refractivity contribution in [2.24, 2.45) is 7.05 Å². The Labute approximate surface area is 205 Å². The molecule has 0 saturated heterocycles. The summed E-state index contributed by atoms with van der Waals surface area (Å²) in [5.41, 5.74) is 2.01. The summed E-state index contributed by atoms with van der Waals surface area (Å²) in [6, 6.07) is 22.0. The number of nitro groups is 1. The molecular weight excluding hydrogens is 486 g/mol. The van der Waals surface area contributed by atoms with Gasteiger partial charge in [-0.25, -0.2) is 12.4 Å². The molecule has 11 heteroatoms. The van der Waals surface area contributed by atoms with Crippen LogP contribution in [-0.2, 0) is 22.8 Å². The maximum atomic E-state index is 13.4. The molecule has 0 aliphatic heterocycles. The Balaban J connectivity index is 1.52. The van der Waals surface area contributed by atoms with E-state index in [1.807, 2.05) is 25.2 Å². The molecule has 0 unspecified atom stereocenters. The van der Waals surface area contributed by atoms with Crippen molar-refractivity contribution in [3.63, 3.8) is 0 Å². The highest BCUT2D eigenvalue weighted by atomic mass is 32.2. The van der Waals surface area contributed by atoms with Gasteiger partial charge < -0.3 is 4.57 Å². The number of benzene rings is 3. The topological polar surface area (TPSA) is 113 Å². The van der Waals surface area contributed by atoms with E-state index in [9.17, 15) is 18.5 Å². The lowest BCUT2D eigenvalue weighted by atomic mass is 10.1. The Bertz CT molecular complexity index is 1660. The second-order valence-electron chi connectivity index (χ2n) is 7.75. The molecule has 2 heterocycles. The lowest BCUT2D eigenvalue weighted by Gasteiger charge is -2.07. The number of rotatable bonds is 7. The Morgan fingerprint density at radius 3 is 2.49 bits per heavy atom. The van der Waals surface area contributed by atoms with E-state index < -0.39 is 14.9 Å². The first-order valence-corrected chi connectivity index (χ1v) is 13.0. The molecular formula is C24H19N5O4S2. The number of aromatic nitrogens is 4. The first kappa shape index (κ1) is 22.8. The van der Waals surface area contributed by atoms with Crippen LogP contribution in [0.5, 0.6) is 0 Å². The second kappa shape index (κ2) is 9.01. The van der Waals surface area contributed by atoms with Gasteiger partial charge in [0.25, 0.3) is 15.7 Å². The maximum Gasteiger partial charge on any atom is 0.269 e. The van der Waals surface area contributed by atoms with Crippen LogP contribution in [0.25, 0.3) is 22.3 Å². The molecule has 0 fully saturated rings. The van der Waals surface area contributed by atoms with E-state index in [1.54, 1.807) is 59.3 Å². The lowest BCUT2D eigenvalue weighted by Crippen LogP contribution is -2.11. The van der Waals surface area contributed by atoms with Crippen LogP contribution >= 0.6 is 11.8 Å². The highest BCUT2D eigenvalue weighted by molar-refractivity contribution is 7.98. The van der Waals surface area contributed by atoms with Gasteiger partial charge in [0.05, 0.1) is 15.3 Å².